The van der Waals surface area contributed by atoms with Crippen molar-refractivity contribution in [3.63, 3.8) is 0 Å². The number of hydrazine groups is 1. The molecule has 12 nitrogen and oxygen atoms in total. The van der Waals surface area contributed by atoms with E-state index < -0.39 is 30.1 Å². The summed E-state index contributed by atoms with van der Waals surface area (Å²) in [5.41, 5.74) is 1.05. The number of nitrogens with one attached hydrogen (secondary N) is 1. The van der Waals surface area contributed by atoms with Crippen LogP contribution >= 0.6 is 0 Å². The number of rotatable bonds is 13. The summed E-state index contributed by atoms with van der Waals surface area (Å²) in [5, 5.41) is 32.8. The van der Waals surface area contributed by atoms with Crippen LogP contribution < -0.4 is 5.32 Å². The zero-order valence-electron chi connectivity index (χ0n) is 20.3. The number of ether oxygens (including phenoxy) is 1. The van der Waals surface area contributed by atoms with Crippen LogP contribution in [-0.2, 0) is 30.4 Å². The van der Waals surface area contributed by atoms with Gasteiger partial charge in [0.05, 0.1) is 24.6 Å². The van der Waals surface area contributed by atoms with Crippen LogP contribution in [0.1, 0.15) is 50.5 Å². The molecule has 0 radical (unpaired) electrons. The molecule has 0 aromatic heterocycles. The van der Waals surface area contributed by atoms with E-state index in [0.29, 0.717) is 64.5 Å². The average Bonchev–Trinajstić information content (AvgIpc) is 3.02. The quantitative estimate of drug-likeness (QED) is 0.174. The third kappa shape index (κ3) is 8.22. The molecule has 2 fully saturated rings. The van der Waals surface area contributed by atoms with E-state index >= 15 is 0 Å². The van der Waals surface area contributed by atoms with Crippen LogP contribution in [-0.4, -0.2) is 93.2 Å². The highest BCUT2D eigenvalue weighted by Crippen LogP contribution is 2.24. The van der Waals surface area contributed by atoms with Gasteiger partial charge in [-0.1, -0.05) is 30.3 Å². The molecule has 0 aliphatic carbocycles. The van der Waals surface area contributed by atoms with E-state index in [-0.39, 0.29) is 24.5 Å². The molecule has 3 atom stereocenters. The van der Waals surface area contributed by atoms with Crippen LogP contribution in [0.4, 0.5) is 0 Å². The minimum absolute atomic E-state index is 0.0495. The minimum atomic E-state index is -1.02. The topological polar surface area (TPSA) is 152 Å². The van der Waals surface area contributed by atoms with E-state index in [1.807, 2.05) is 35.3 Å². The fourth-order valence-corrected chi connectivity index (χ4v) is 4.64. The first-order valence-electron chi connectivity index (χ1n) is 12.4. The number of benzene rings is 1. The summed E-state index contributed by atoms with van der Waals surface area (Å²) in [4.78, 5) is 42.8. The fourth-order valence-electron chi connectivity index (χ4n) is 4.64. The normalized spacial score (nSPS) is 21.6. The Morgan fingerprint density at radius 2 is 1.78 bits per heavy atom. The second-order valence-electron chi connectivity index (χ2n) is 9.03. The van der Waals surface area contributed by atoms with Gasteiger partial charge in [0.25, 0.3) is 5.91 Å². The van der Waals surface area contributed by atoms with Crippen LogP contribution in [0.2, 0.25) is 0 Å². The molecule has 2 saturated heterocycles. The number of carbonyl (C=O) groups excluding carboxylic acids is 2. The Balaban J connectivity index is 1.65. The zero-order chi connectivity index (χ0) is 25.9. The third-order valence-corrected chi connectivity index (χ3v) is 6.45. The molecule has 0 saturated carbocycles. The second-order valence-corrected chi connectivity index (χ2v) is 9.03. The van der Waals surface area contributed by atoms with Gasteiger partial charge in [0.15, 0.2) is 0 Å². The molecular formula is C24H36N4O8. The SMILES string of the molecule is O=C(OCCCCON(O)O)C(CCc1ccccc1)NC1CCCN2CCCC(C(=O)O)N2C1=O. The number of nitrogens with zero attached hydrogens (tertiary/aromatic N) is 3. The van der Waals surface area contributed by atoms with Gasteiger partial charge in [-0.15, -0.1) is 0 Å². The summed E-state index contributed by atoms with van der Waals surface area (Å²) < 4.78 is 5.45. The molecular weight excluding hydrogens is 472 g/mol. The molecule has 1 amide bonds. The number of carbonyl (C=O) groups is 3. The Morgan fingerprint density at radius 3 is 2.47 bits per heavy atom. The molecule has 4 N–H and O–H groups in total. The maximum Gasteiger partial charge on any atom is 0.328 e. The number of carboxylic acid groups (broad SMARTS) is 1. The molecule has 12 heteroatoms. The maximum absolute atomic E-state index is 13.5. The average molecular weight is 509 g/mol. The Kier molecular flexibility index (Phi) is 11.0. The Bertz CT molecular complexity index is 856. The van der Waals surface area contributed by atoms with Crippen molar-refractivity contribution in [2.24, 2.45) is 0 Å². The summed E-state index contributed by atoms with van der Waals surface area (Å²) in [6, 6.07) is 7.34. The fraction of sp³-hybridized carbons (Fsp3) is 0.625. The van der Waals surface area contributed by atoms with Gasteiger partial charge >= 0.3 is 11.9 Å². The molecule has 1 aromatic rings. The summed E-state index contributed by atoms with van der Waals surface area (Å²) in [6.45, 7) is 1.39. The van der Waals surface area contributed by atoms with Gasteiger partial charge in [-0.2, -0.15) is 0 Å². The van der Waals surface area contributed by atoms with E-state index in [1.165, 1.54) is 5.01 Å². The smallest absolute Gasteiger partial charge is 0.328 e. The Hall–Kier alpha value is -2.61. The van der Waals surface area contributed by atoms with E-state index in [1.54, 1.807) is 0 Å². The highest BCUT2D eigenvalue weighted by atomic mass is 17.1. The molecule has 200 valence electrons. The number of hydrogen-bond donors (Lipinski definition) is 4. The van der Waals surface area contributed by atoms with Gasteiger partial charge in [0, 0.05) is 13.1 Å². The number of unbranched alkanes of at least 4 members (excludes halogenated alkanes) is 1. The summed E-state index contributed by atoms with van der Waals surface area (Å²) in [5.74, 6) is -1.84. The first-order valence-corrected chi connectivity index (χ1v) is 12.4. The number of esters is 1. The number of hydrogen-bond acceptors (Lipinski definition) is 10. The van der Waals surface area contributed by atoms with Crippen molar-refractivity contribution < 1.29 is 39.5 Å². The lowest BCUT2D eigenvalue weighted by atomic mass is 10.0. The lowest BCUT2D eigenvalue weighted by Gasteiger charge is -2.42. The highest BCUT2D eigenvalue weighted by molar-refractivity contribution is 5.87. The van der Waals surface area contributed by atoms with Crippen LogP contribution in [0.25, 0.3) is 0 Å². The van der Waals surface area contributed by atoms with Crippen molar-refractivity contribution in [3.05, 3.63) is 35.9 Å². The standard InChI is InChI=1S/C24H36N4O8/c29-22-19(10-6-14-26-15-7-11-21(23(30)31)27(22)26)25-20(13-12-18-8-2-1-3-9-18)24(32)35-16-4-5-17-36-28(33)34/h1-3,8-9,19-21,25,33-34H,4-7,10-17H2,(H,30,31). The number of carboxylic acids is 1. The van der Waals surface area contributed by atoms with Gasteiger partial charge in [0.2, 0.25) is 0 Å². The van der Waals surface area contributed by atoms with Crippen molar-refractivity contribution in [1.29, 1.82) is 0 Å². The molecule has 1 aromatic carbocycles. The van der Waals surface area contributed by atoms with Crippen LogP contribution in [0, 0.1) is 0 Å². The number of aliphatic carboxylic acids is 1. The minimum Gasteiger partial charge on any atom is -0.480 e. The lowest BCUT2D eigenvalue weighted by molar-refractivity contribution is -0.492. The Morgan fingerprint density at radius 1 is 1.08 bits per heavy atom. The highest BCUT2D eigenvalue weighted by Gasteiger charge is 2.42. The van der Waals surface area contributed by atoms with Crippen molar-refractivity contribution in [2.45, 2.75) is 69.5 Å². The summed E-state index contributed by atoms with van der Waals surface area (Å²) in [7, 11) is 0. The first kappa shape index (κ1) is 28.0. The third-order valence-electron chi connectivity index (χ3n) is 6.45. The van der Waals surface area contributed by atoms with Crippen molar-refractivity contribution in [3.8, 4) is 0 Å². The van der Waals surface area contributed by atoms with Gasteiger partial charge in [-0.3, -0.25) is 35.2 Å². The van der Waals surface area contributed by atoms with Crippen LogP contribution in [0.15, 0.2) is 30.3 Å². The largest absolute Gasteiger partial charge is 0.480 e. The second kappa shape index (κ2) is 14.2. The van der Waals surface area contributed by atoms with Crippen molar-refractivity contribution in [1.82, 2.24) is 20.7 Å². The van der Waals surface area contributed by atoms with Gasteiger partial charge < -0.3 is 9.84 Å². The lowest BCUT2D eigenvalue weighted by Crippen LogP contribution is -2.61. The predicted molar refractivity (Wildman–Crippen MR) is 125 cm³/mol. The van der Waals surface area contributed by atoms with Crippen molar-refractivity contribution >= 4 is 17.8 Å². The molecule has 0 spiro atoms. The van der Waals surface area contributed by atoms with Gasteiger partial charge in [-0.25, -0.2) is 9.80 Å². The van der Waals surface area contributed by atoms with Gasteiger partial charge in [0.1, 0.15) is 12.1 Å². The summed E-state index contributed by atoms with van der Waals surface area (Å²) in [6.07, 6.45) is 4.20. The van der Waals surface area contributed by atoms with Crippen LogP contribution in [0.3, 0.4) is 0 Å². The van der Waals surface area contributed by atoms with E-state index in [0.717, 1.165) is 5.56 Å². The molecule has 3 unspecified atom stereocenters. The number of amides is 1. The number of fused-ring (bicyclic) bond motifs is 1. The molecule has 0 bridgehead atoms. The maximum atomic E-state index is 13.5. The van der Waals surface area contributed by atoms with Crippen LogP contribution in [0.5, 0.6) is 0 Å². The van der Waals surface area contributed by atoms with E-state index in [9.17, 15) is 19.5 Å². The molecule has 2 aliphatic heterocycles. The molecule has 36 heavy (non-hydrogen) atoms. The zero-order valence-corrected chi connectivity index (χ0v) is 20.3. The number of aryl methyl sites for hydroxylation is 1. The summed E-state index contributed by atoms with van der Waals surface area (Å²) >= 11 is 0. The molecule has 2 aliphatic rings. The molecule has 3 rings (SSSR count). The molecule has 2 heterocycles. The Labute approximate surface area is 210 Å². The van der Waals surface area contributed by atoms with Gasteiger partial charge in [-0.05, 0) is 56.9 Å². The van der Waals surface area contributed by atoms with E-state index in [2.05, 4.69) is 10.2 Å². The first-order chi connectivity index (χ1) is 17.4. The van der Waals surface area contributed by atoms with E-state index in [4.69, 9.17) is 15.2 Å². The predicted octanol–water partition coefficient (Wildman–Crippen LogP) is 1.37. The monoisotopic (exact) mass is 508 g/mol. The van der Waals surface area contributed by atoms with Crippen molar-refractivity contribution in [2.75, 3.05) is 26.3 Å².